The molecule has 2 aliphatic carbocycles. The van der Waals surface area contributed by atoms with Crippen LogP contribution in [0.5, 0.6) is 5.75 Å². The average molecular weight is 583 g/mol. The van der Waals surface area contributed by atoms with Gasteiger partial charge in [-0.15, -0.1) is 0 Å². The molecule has 212 valence electrons. The number of ketones is 2. The van der Waals surface area contributed by atoms with Crippen molar-refractivity contribution in [1.82, 2.24) is 4.90 Å². The highest BCUT2D eigenvalue weighted by Gasteiger charge is 2.48. The molecular formula is C33H37Cl2NO4. The zero-order valence-corrected chi connectivity index (χ0v) is 25.4. The van der Waals surface area contributed by atoms with E-state index in [2.05, 4.69) is 32.6 Å². The maximum atomic E-state index is 13.8. The molecule has 0 amide bonds. The first-order chi connectivity index (χ1) is 18.9. The number of allylic oxidation sites excluding steroid dienone is 4. The first-order valence-corrected chi connectivity index (χ1v) is 14.6. The number of benzene rings is 2. The summed E-state index contributed by atoms with van der Waals surface area (Å²) >= 11 is 12.2. The number of ether oxygens (including phenoxy) is 2. The maximum absolute atomic E-state index is 13.8. The van der Waals surface area contributed by atoms with Crippen LogP contribution in [0.15, 0.2) is 65.0 Å². The van der Waals surface area contributed by atoms with E-state index in [9.17, 15) is 9.59 Å². The lowest BCUT2D eigenvalue weighted by Crippen LogP contribution is -2.45. The lowest BCUT2D eigenvalue weighted by atomic mass is 9.63. The molecule has 0 N–H and O–H groups in total. The van der Waals surface area contributed by atoms with Crippen molar-refractivity contribution in [3.8, 4) is 5.75 Å². The van der Waals surface area contributed by atoms with Gasteiger partial charge >= 0.3 is 0 Å². The van der Waals surface area contributed by atoms with E-state index in [4.69, 9.17) is 32.7 Å². The van der Waals surface area contributed by atoms with E-state index < -0.39 is 0 Å². The number of hydrogen-bond acceptors (Lipinski definition) is 5. The van der Waals surface area contributed by atoms with Gasteiger partial charge in [-0.1, -0.05) is 69.1 Å². The summed E-state index contributed by atoms with van der Waals surface area (Å²) in [6, 6.07) is 13.3. The number of rotatable bonds is 7. The van der Waals surface area contributed by atoms with Gasteiger partial charge in [0.25, 0.3) is 0 Å². The molecule has 0 bridgehead atoms. The Morgan fingerprint density at radius 3 is 1.93 bits per heavy atom. The first-order valence-electron chi connectivity index (χ1n) is 13.8. The van der Waals surface area contributed by atoms with Crippen molar-refractivity contribution in [3.63, 3.8) is 0 Å². The van der Waals surface area contributed by atoms with Crippen molar-refractivity contribution in [3.05, 3.63) is 86.2 Å². The lowest BCUT2D eigenvalue weighted by Gasteiger charge is -2.49. The van der Waals surface area contributed by atoms with E-state index in [0.717, 1.165) is 46.5 Å². The van der Waals surface area contributed by atoms with Crippen molar-refractivity contribution in [2.75, 3.05) is 20.3 Å². The average Bonchev–Trinajstić information content (AvgIpc) is 2.87. The highest BCUT2D eigenvalue weighted by atomic mass is 35.5. The van der Waals surface area contributed by atoms with Gasteiger partial charge in [-0.25, -0.2) is 0 Å². The molecule has 40 heavy (non-hydrogen) atoms. The minimum atomic E-state index is -0.375. The maximum Gasteiger partial charge on any atom is 0.162 e. The van der Waals surface area contributed by atoms with Gasteiger partial charge in [0.15, 0.2) is 11.6 Å². The topological polar surface area (TPSA) is 55.8 Å². The van der Waals surface area contributed by atoms with Crippen LogP contribution in [-0.2, 0) is 20.9 Å². The minimum absolute atomic E-state index is 0.128. The fourth-order valence-electron chi connectivity index (χ4n) is 6.39. The van der Waals surface area contributed by atoms with Crippen LogP contribution in [0.4, 0.5) is 0 Å². The molecule has 0 radical (unpaired) electrons. The molecule has 1 aliphatic heterocycles. The number of hydrogen-bond donors (Lipinski definition) is 0. The molecule has 0 saturated carbocycles. The molecule has 7 heteroatoms. The number of nitrogens with zero attached hydrogens (tertiary/aromatic N) is 1. The molecule has 5 rings (SSSR count). The van der Waals surface area contributed by atoms with Gasteiger partial charge in [0, 0.05) is 55.0 Å². The third kappa shape index (κ3) is 5.74. The molecule has 0 saturated heterocycles. The predicted molar refractivity (Wildman–Crippen MR) is 159 cm³/mol. The third-order valence-corrected chi connectivity index (χ3v) is 8.88. The summed E-state index contributed by atoms with van der Waals surface area (Å²) in [6.07, 6.45) is 2.50. The number of halogens is 2. The van der Waals surface area contributed by atoms with Gasteiger partial charge in [0.05, 0.1) is 16.7 Å². The van der Waals surface area contributed by atoms with E-state index in [1.54, 1.807) is 19.2 Å². The highest BCUT2D eigenvalue weighted by molar-refractivity contribution is 6.42. The molecule has 0 atom stereocenters. The van der Waals surface area contributed by atoms with Crippen molar-refractivity contribution < 1.29 is 19.1 Å². The van der Waals surface area contributed by atoms with E-state index in [1.807, 2.05) is 30.3 Å². The van der Waals surface area contributed by atoms with Crippen LogP contribution in [0, 0.1) is 10.8 Å². The molecular weight excluding hydrogens is 545 g/mol. The standard InChI is InChI=1S/C33H37Cl2NO4/c1-32(2)15-25-30(27(37)17-32)29(31-26(36(25)12-13-39-5)16-33(3,4)18-28(31)38)21-7-9-22(10-8-21)40-19-20-6-11-23(34)24(35)14-20/h6-11,14,29H,12-13,15-19H2,1-5H3. The Balaban J connectivity index is 1.54. The minimum Gasteiger partial charge on any atom is -0.489 e. The second kappa shape index (κ2) is 11.0. The summed E-state index contributed by atoms with van der Waals surface area (Å²) in [6.45, 7) is 10.1. The molecule has 0 spiro atoms. The fourth-order valence-corrected chi connectivity index (χ4v) is 6.71. The Hall–Kier alpha value is -2.60. The van der Waals surface area contributed by atoms with Gasteiger partial charge in [0.1, 0.15) is 12.4 Å². The first kappa shape index (κ1) is 28.9. The largest absolute Gasteiger partial charge is 0.489 e. The smallest absolute Gasteiger partial charge is 0.162 e. The summed E-state index contributed by atoms with van der Waals surface area (Å²) in [4.78, 5) is 29.9. The van der Waals surface area contributed by atoms with Crippen LogP contribution in [-0.4, -0.2) is 36.7 Å². The van der Waals surface area contributed by atoms with Crippen molar-refractivity contribution >= 4 is 34.8 Å². The van der Waals surface area contributed by atoms with Crippen LogP contribution < -0.4 is 4.74 Å². The fraction of sp³-hybridized carbons (Fsp3) is 0.455. The second-order valence-corrected chi connectivity index (χ2v) is 13.6. The van der Waals surface area contributed by atoms with Crippen molar-refractivity contribution in [2.45, 2.75) is 65.9 Å². The van der Waals surface area contributed by atoms with Crippen LogP contribution >= 0.6 is 23.2 Å². The summed E-state index contributed by atoms with van der Waals surface area (Å²) in [5.41, 5.74) is 5.19. The Kier molecular flexibility index (Phi) is 7.95. The second-order valence-electron chi connectivity index (χ2n) is 12.8. The molecule has 3 aliphatic rings. The molecule has 0 fully saturated rings. The van der Waals surface area contributed by atoms with Gasteiger partial charge in [0.2, 0.25) is 0 Å². The molecule has 2 aromatic rings. The van der Waals surface area contributed by atoms with Crippen molar-refractivity contribution in [2.24, 2.45) is 10.8 Å². The number of carbonyl (C=O) groups is 2. The molecule has 1 heterocycles. The molecule has 0 aromatic heterocycles. The Bertz CT molecular complexity index is 1350. The third-order valence-electron chi connectivity index (χ3n) is 8.14. The van der Waals surface area contributed by atoms with Crippen LogP contribution in [0.25, 0.3) is 0 Å². The monoisotopic (exact) mass is 581 g/mol. The Morgan fingerprint density at radius 2 is 1.40 bits per heavy atom. The van der Waals surface area contributed by atoms with Gasteiger partial charge in [-0.2, -0.15) is 0 Å². The molecule has 2 aromatic carbocycles. The predicted octanol–water partition coefficient (Wildman–Crippen LogP) is 7.90. The van der Waals surface area contributed by atoms with Crippen LogP contribution in [0.1, 0.15) is 70.4 Å². The quantitative estimate of drug-likeness (QED) is 0.332. The Labute approximate surface area is 247 Å². The highest BCUT2D eigenvalue weighted by Crippen LogP contribution is 2.54. The summed E-state index contributed by atoms with van der Waals surface area (Å²) < 4.78 is 11.5. The molecule has 5 nitrogen and oxygen atoms in total. The van der Waals surface area contributed by atoms with E-state index in [0.29, 0.717) is 48.4 Å². The number of Topliss-reactive ketones (excluding diaryl/α,β-unsaturated/α-hetero) is 2. The molecule has 0 unspecified atom stereocenters. The summed E-state index contributed by atoms with van der Waals surface area (Å²) in [5.74, 6) is 0.577. The van der Waals surface area contributed by atoms with Gasteiger partial charge in [-0.3, -0.25) is 9.59 Å². The van der Waals surface area contributed by atoms with Gasteiger partial charge in [-0.05, 0) is 59.1 Å². The van der Waals surface area contributed by atoms with Crippen molar-refractivity contribution in [1.29, 1.82) is 0 Å². The van der Waals surface area contributed by atoms with E-state index in [-0.39, 0.29) is 28.3 Å². The number of carbonyl (C=O) groups excluding carboxylic acids is 2. The van der Waals surface area contributed by atoms with Crippen LogP contribution in [0.3, 0.4) is 0 Å². The lowest BCUT2D eigenvalue weighted by molar-refractivity contribution is -0.119. The zero-order valence-electron chi connectivity index (χ0n) is 23.9. The Morgan fingerprint density at radius 1 is 0.825 bits per heavy atom. The van der Waals surface area contributed by atoms with Crippen LogP contribution in [0.2, 0.25) is 10.0 Å². The van der Waals surface area contributed by atoms with E-state index in [1.165, 1.54) is 0 Å². The number of methoxy groups -OCH3 is 1. The van der Waals surface area contributed by atoms with E-state index >= 15 is 0 Å². The summed E-state index contributed by atoms with van der Waals surface area (Å²) in [7, 11) is 1.69. The normalized spacial score (nSPS) is 20.5. The summed E-state index contributed by atoms with van der Waals surface area (Å²) in [5, 5.41) is 0.996. The van der Waals surface area contributed by atoms with Gasteiger partial charge < -0.3 is 14.4 Å². The SMILES string of the molecule is COCCN1C2=C(C(=O)CC(C)(C)C2)C(c2ccc(OCc3ccc(Cl)c(Cl)c3)cc2)C2=C1CC(C)(C)CC2=O. The zero-order chi connectivity index (χ0) is 28.8.